The Morgan fingerprint density at radius 1 is 1.15 bits per heavy atom. The van der Waals surface area contributed by atoms with Crippen LogP contribution in [0.4, 0.5) is 5.69 Å². The number of nitrogens with zero attached hydrogens (tertiary/aromatic N) is 3. The molecule has 6 nitrogen and oxygen atoms in total. The van der Waals surface area contributed by atoms with Crippen LogP contribution >= 0.6 is 0 Å². The van der Waals surface area contributed by atoms with Crippen LogP contribution in [0.15, 0.2) is 72.0 Å². The Morgan fingerprint density at radius 3 is 2.58 bits per heavy atom. The fourth-order valence-corrected chi connectivity index (χ4v) is 2.57. The van der Waals surface area contributed by atoms with Crippen LogP contribution in [0, 0.1) is 0 Å². The quantitative estimate of drug-likeness (QED) is 0.509. The number of anilines is 1. The normalized spacial score (nSPS) is 10.8. The summed E-state index contributed by atoms with van der Waals surface area (Å²) in [6.45, 7) is 3.93. The van der Waals surface area contributed by atoms with Crippen molar-refractivity contribution in [2.75, 3.05) is 11.4 Å². The summed E-state index contributed by atoms with van der Waals surface area (Å²) in [5.41, 5.74) is 6.17. The van der Waals surface area contributed by atoms with Crippen LogP contribution in [-0.4, -0.2) is 28.9 Å². The zero-order chi connectivity index (χ0) is 18.2. The molecule has 26 heavy (non-hydrogen) atoms. The zero-order valence-corrected chi connectivity index (χ0v) is 14.6. The highest BCUT2D eigenvalue weighted by Gasteiger charge is 2.06. The topological polar surface area (TPSA) is 73.4 Å². The van der Waals surface area contributed by atoms with Crippen molar-refractivity contribution in [1.82, 2.24) is 15.6 Å². The minimum atomic E-state index is -0.324. The molecule has 132 valence electrons. The largest absolute Gasteiger partial charge is 0.367 e. The lowest BCUT2D eigenvalue weighted by molar-refractivity contribution is 0.0950. The van der Waals surface area contributed by atoms with Gasteiger partial charge in [0.1, 0.15) is 5.69 Å². The summed E-state index contributed by atoms with van der Waals surface area (Å²) in [5, 5.41) is 10.3. The van der Waals surface area contributed by atoms with Crippen LogP contribution < -0.4 is 10.3 Å². The first-order chi connectivity index (χ1) is 12.8. The van der Waals surface area contributed by atoms with Crippen molar-refractivity contribution in [3.63, 3.8) is 0 Å². The number of rotatable bonds is 7. The van der Waals surface area contributed by atoms with E-state index < -0.39 is 0 Å². The van der Waals surface area contributed by atoms with Crippen molar-refractivity contribution in [3.8, 4) is 0 Å². The van der Waals surface area contributed by atoms with E-state index in [1.165, 1.54) is 11.8 Å². The Labute approximate surface area is 152 Å². The lowest BCUT2D eigenvalue weighted by Crippen LogP contribution is -2.21. The summed E-state index contributed by atoms with van der Waals surface area (Å²) < 4.78 is 0. The fraction of sp³-hybridized carbons (Fsp3) is 0.150. The average molecular weight is 347 g/mol. The predicted molar refractivity (Wildman–Crippen MR) is 103 cm³/mol. The molecule has 3 aromatic rings. The second kappa shape index (κ2) is 8.62. The summed E-state index contributed by atoms with van der Waals surface area (Å²) in [5.74, 6) is -0.324. The number of hydrogen-bond acceptors (Lipinski definition) is 4. The Hall–Kier alpha value is -3.41. The smallest absolute Gasteiger partial charge is 0.289 e. The molecule has 0 bridgehead atoms. The number of nitrogens with one attached hydrogen (secondary N) is 2. The van der Waals surface area contributed by atoms with E-state index >= 15 is 0 Å². The SMILES string of the molecule is CCN(Cc1ccccc1)c1ccc(/C=N\NC(=O)c2ccn[nH]2)cc1. The molecule has 1 amide bonds. The molecule has 2 N–H and O–H groups in total. The lowest BCUT2D eigenvalue weighted by atomic mass is 10.1. The number of H-pyrrole nitrogens is 1. The average Bonchev–Trinajstić information content (AvgIpc) is 3.22. The molecule has 0 aliphatic rings. The molecular weight excluding hydrogens is 326 g/mol. The molecule has 0 radical (unpaired) electrons. The van der Waals surface area contributed by atoms with Gasteiger partial charge in [0, 0.05) is 25.0 Å². The van der Waals surface area contributed by atoms with Crippen LogP contribution in [0.5, 0.6) is 0 Å². The van der Waals surface area contributed by atoms with Gasteiger partial charge in [0.25, 0.3) is 5.91 Å². The third kappa shape index (κ3) is 4.57. The monoisotopic (exact) mass is 347 g/mol. The van der Waals surface area contributed by atoms with Crippen LogP contribution in [-0.2, 0) is 6.54 Å². The molecular formula is C20H21N5O. The number of benzene rings is 2. The van der Waals surface area contributed by atoms with Crippen LogP contribution in [0.25, 0.3) is 0 Å². The molecule has 1 aromatic heterocycles. The van der Waals surface area contributed by atoms with Gasteiger partial charge in [-0.25, -0.2) is 5.43 Å². The Kier molecular flexibility index (Phi) is 5.77. The van der Waals surface area contributed by atoms with E-state index in [-0.39, 0.29) is 5.91 Å². The van der Waals surface area contributed by atoms with Crippen LogP contribution in [0.1, 0.15) is 28.5 Å². The molecule has 0 spiro atoms. The minimum Gasteiger partial charge on any atom is -0.367 e. The van der Waals surface area contributed by atoms with E-state index in [0.29, 0.717) is 5.69 Å². The van der Waals surface area contributed by atoms with Gasteiger partial charge in [-0.05, 0) is 36.2 Å². The maximum atomic E-state index is 11.7. The van der Waals surface area contributed by atoms with Gasteiger partial charge in [0.15, 0.2) is 0 Å². The number of carbonyl (C=O) groups is 1. The van der Waals surface area contributed by atoms with Gasteiger partial charge in [-0.1, -0.05) is 42.5 Å². The van der Waals surface area contributed by atoms with Gasteiger partial charge in [0.2, 0.25) is 0 Å². The number of hydrazone groups is 1. The third-order valence-electron chi connectivity index (χ3n) is 3.98. The molecule has 0 atom stereocenters. The number of hydrogen-bond donors (Lipinski definition) is 2. The Morgan fingerprint density at radius 2 is 1.92 bits per heavy atom. The van der Waals surface area contributed by atoms with Gasteiger partial charge in [-0.2, -0.15) is 10.2 Å². The summed E-state index contributed by atoms with van der Waals surface area (Å²) in [6, 6.07) is 20.1. The first-order valence-electron chi connectivity index (χ1n) is 8.48. The number of amides is 1. The highest BCUT2D eigenvalue weighted by atomic mass is 16.2. The zero-order valence-electron chi connectivity index (χ0n) is 14.6. The molecule has 3 rings (SSSR count). The Bertz CT molecular complexity index is 842. The van der Waals surface area contributed by atoms with E-state index in [2.05, 4.69) is 68.9 Å². The molecule has 0 aliphatic heterocycles. The summed E-state index contributed by atoms with van der Waals surface area (Å²) in [6.07, 6.45) is 3.14. The van der Waals surface area contributed by atoms with Gasteiger partial charge in [-0.15, -0.1) is 0 Å². The lowest BCUT2D eigenvalue weighted by Gasteiger charge is -2.23. The number of carbonyl (C=O) groups excluding carboxylic acids is 1. The van der Waals surface area contributed by atoms with E-state index in [1.54, 1.807) is 12.3 Å². The predicted octanol–water partition coefficient (Wildman–Crippen LogP) is 3.20. The highest BCUT2D eigenvalue weighted by molar-refractivity contribution is 5.93. The fourth-order valence-electron chi connectivity index (χ4n) is 2.57. The maximum Gasteiger partial charge on any atom is 0.289 e. The van der Waals surface area contributed by atoms with Crippen LogP contribution in [0.2, 0.25) is 0 Å². The van der Waals surface area contributed by atoms with Crippen molar-refractivity contribution in [2.24, 2.45) is 5.10 Å². The molecule has 0 saturated carbocycles. The summed E-state index contributed by atoms with van der Waals surface area (Å²) in [7, 11) is 0. The second-order valence-electron chi connectivity index (χ2n) is 5.76. The molecule has 0 aliphatic carbocycles. The maximum absolute atomic E-state index is 11.7. The van der Waals surface area contributed by atoms with Crippen LogP contribution in [0.3, 0.4) is 0 Å². The summed E-state index contributed by atoms with van der Waals surface area (Å²) >= 11 is 0. The highest BCUT2D eigenvalue weighted by Crippen LogP contribution is 2.17. The molecule has 0 saturated heterocycles. The standard InChI is InChI=1S/C20H21N5O/c1-2-25(15-17-6-4-3-5-7-17)18-10-8-16(9-11-18)14-22-24-20(26)19-12-13-21-23-19/h3-14H,2,15H2,1H3,(H,21,23)(H,24,26)/b22-14-. The first-order valence-corrected chi connectivity index (χ1v) is 8.48. The number of aromatic nitrogens is 2. The van der Waals surface area contributed by atoms with Gasteiger partial charge in [0.05, 0.1) is 6.21 Å². The van der Waals surface area contributed by atoms with Crippen molar-refractivity contribution in [2.45, 2.75) is 13.5 Å². The van der Waals surface area contributed by atoms with Crippen molar-refractivity contribution < 1.29 is 4.79 Å². The van der Waals surface area contributed by atoms with Crippen molar-refractivity contribution >= 4 is 17.8 Å². The number of aromatic amines is 1. The van der Waals surface area contributed by atoms with Gasteiger partial charge >= 0.3 is 0 Å². The van der Waals surface area contributed by atoms with E-state index in [4.69, 9.17) is 0 Å². The second-order valence-corrected chi connectivity index (χ2v) is 5.76. The van der Waals surface area contributed by atoms with Gasteiger partial charge < -0.3 is 4.90 Å². The summed E-state index contributed by atoms with van der Waals surface area (Å²) in [4.78, 5) is 14.1. The van der Waals surface area contributed by atoms with E-state index in [9.17, 15) is 4.79 Å². The third-order valence-corrected chi connectivity index (χ3v) is 3.98. The Balaban J connectivity index is 1.60. The first kappa shape index (κ1) is 17.4. The molecule has 0 unspecified atom stereocenters. The molecule has 0 fully saturated rings. The molecule has 1 heterocycles. The van der Waals surface area contributed by atoms with E-state index in [1.807, 2.05) is 18.2 Å². The van der Waals surface area contributed by atoms with Crippen molar-refractivity contribution in [3.05, 3.63) is 83.7 Å². The molecule has 2 aromatic carbocycles. The molecule has 6 heteroatoms. The van der Waals surface area contributed by atoms with Crippen molar-refractivity contribution in [1.29, 1.82) is 0 Å². The van der Waals surface area contributed by atoms with Gasteiger partial charge in [-0.3, -0.25) is 9.89 Å². The van der Waals surface area contributed by atoms with E-state index in [0.717, 1.165) is 24.3 Å². The minimum absolute atomic E-state index is 0.324.